The van der Waals surface area contributed by atoms with Crippen molar-refractivity contribution in [3.8, 4) is 0 Å². The highest BCUT2D eigenvalue weighted by molar-refractivity contribution is 6.21. The van der Waals surface area contributed by atoms with E-state index in [1.54, 1.807) is 0 Å². The largest absolute Gasteiger partial charge is 0.394 e. The number of nitrogens with one attached hydrogen (secondary N) is 1. The number of halogens is 1. The summed E-state index contributed by atoms with van der Waals surface area (Å²) in [4.78, 5) is 24.4. The molecule has 1 aromatic heterocycles. The van der Waals surface area contributed by atoms with Gasteiger partial charge in [-0.15, -0.1) is 11.6 Å². The molecule has 7 nitrogen and oxygen atoms in total. The molecular weight excluding hydrogens is 252 g/mol. The first-order chi connectivity index (χ1) is 8.04. The summed E-state index contributed by atoms with van der Waals surface area (Å²) in [6, 6.07) is 1.15. The second-order valence-corrected chi connectivity index (χ2v) is 4.20. The lowest BCUT2D eigenvalue weighted by molar-refractivity contribution is -0.0457. The molecule has 0 aromatic carbocycles. The number of aliphatic hydroxyl groups excluding tert-OH is 2. The molecule has 1 fully saturated rings. The molecule has 0 amide bonds. The third-order valence-corrected chi connectivity index (χ3v) is 3.07. The molecule has 1 saturated heterocycles. The van der Waals surface area contributed by atoms with Gasteiger partial charge in [0.1, 0.15) is 17.6 Å². The summed E-state index contributed by atoms with van der Waals surface area (Å²) in [5, 5.41) is 17.7. The van der Waals surface area contributed by atoms with Crippen molar-refractivity contribution in [3.05, 3.63) is 33.1 Å². The highest BCUT2D eigenvalue weighted by Gasteiger charge is 2.43. The normalized spacial score (nSPS) is 32.9. The smallest absolute Gasteiger partial charge is 0.330 e. The predicted molar refractivity (Wildman–Crippen MR) is 58.0 cm³/mol. The maximum absolute atomic E-state index is 11.5. The number of rotatable bonds is 2. The van der Waals surface area contributed by atoms with Gasteiger partial charge in [-0.1, -0.05) is 0 Å². The van der Waals surface area contributed by atoms with Crippen molar-refractivity contribution >= 4 is 11.6 Å². The Hall–Kier alpha value is -1.15. The molecule has 1 aliphatic heterocycles. The molecular formula is C9H11ClN2O5. The van der Waals surface area contributed by atoms with Crippen LogP contribution >= 0.6 is 11.6 Å². The van der Waals surface area contributed by atoms with Crippen molar-refractivity contribution in [2.45, 2.75) is 23.8 Å². The van der Waals surface area contributed by atoms with E-state index in [-0.39, 0.29) is 0 Å². The quantitative estimate of drug-likeness (QED) is 0.557. The third kappa shape index (κ3) is 2.14. The maximum Gasteiger partial charge on any atom is 0.330 e. The second-order valence-electron chi connectivity index (χ2n) is 3.70. The van der Waals surface area contributed by atoms with Crippen LogP contribution in [0.4, 0.5) is 0 Å². The SMILES string of the molecule is O=c1ccn([C@@H]2O[C@H](CO)C(O)[C@H]2Cl)c(=O)[nH]1. The van der Waals surface area contributed by atoms with Crippen LogP contribution in [0.1, 0.15) is 6.23 Å². The van der Waals surface area contributed by atoms with E-state index in [0.29, 0.717) is 0 Å². The zero-order chi connectivity index (χ0) is 12.6. The summed E-state index contributed by atoms with van der Waals surface area (Å²) >= 11 is 5.91. The predicted octanol–water partition coefficient (Wildman–Crippen LogP) is -1.61. The molecule has 1 unspecified atom stereocenters. The lowest BCUT2D eigenvalue weighted by Gasteiger charge is -2.15. The van der Waals surface area contributed by atoms with E-state index in [1.807, 2.05) is 0 Å². The molecule has 17 heavy (non-hydrogen) atoms. The van der Waals surface area contributed by atoms with Gasteiger partial charge in [-0.05, 0) is 0 Å². The maximum atomic E-state index is 11.5. The zero-order valence-electron chi connectivity index (χ0n) is 8.62. The molecule has 3 N–H and O–H groups in total. The summed E-state index contributed by atoms with van der Waals surface area (Å²) < 4.78 is 6.32. The van der Waals surface area contributed by atoms with Gasteiger partial charge in [0.25, 0.3) is 5.56 Å². The van der Waals surface area contributed by atoms with Gasteiger partial charge in [-0.2, -0.15) is 0 Å². The van der Waals surface area contributed by atoms with Crippen LogP contribution < -0.4 is 11.2 Å². The van der Waals surface area contributed by atoms with Crippen molar-refractivity contribution in [1.82, 2.24) is 9.55 Å². The molecule has 0 radical (unpaired) electrons. The highest BCUT2D eigenvalue weighted by atomic mass is 35.5. The molecule has 0 saturated carbocycles. The topological polar surface area (TPSA) is 105 Å². The first kappa shape index (κ1) is 12.3. The third-order valence-electron chi connectivity index (χ3n) is 2.60. The first-order valence-electron chi connectivity index (χ1n) is 4.94. The lowest BCUT2D eigenvalue weighted by atomic mass is 10.2. The number of H-pyrrole nitrogens is 1. The Balaban J connectivity index is 2.35. The molecule has 8 heteroatoms. The van der Waals surface area contributed by atoms with E-state index in [4.69, 9.17) is 21.4 Å². The van der Waals surface area contributed by atoms with Crippen molar-refractivity contribution in [2.75, 3.05) is 6.61 Å². The fourth-order valence-electron chi connectivity index (χ4n) is 1.71. The Kier molecular flexibility index (Phi) is 3.34. The Morgan fingerprint density at radius 2 is 2.24 bits per heavy atom. The van der Waals surface area contributed by atoms with E-state index in [9.17, 15) is 14.7 Å². The number of aliphatic hydroxyl groups is 2. The van der Waals surface area contributed by atoms with Crippen molar-refractivity contribution < 1.29 is 14.9 Å². The number of aromatic nitrogens is 2. The number of hydrogen-bond donors (Lipinski definition) is 3. The van der Waals surface area contributed by atoms with Gasteiger partial charge in [0, 0.05) is 12.3 Å². The van der Waals surface area contributed by atoms with Crippen LogP contribution in [0.15, 0.2) is 21.9 Å². The number of hydrogen-bond acceptors (Lipinski definition) is 5. The first-order valence-corrected chi connectivity index (χ1v) is 5.38. The number of ether oxygens (including phenoxy) is 1. The number of nitrogens with zero attached hydrogens (tertiary/aromatic N) is 1. The molecule has 1 aliphatic rings. The minimum Gasteiger partial charge on any atom is -0.394 e. The monoisotopic (exact) mass is 262 g/mol. The van der Waals surface area contributed by atoms with Crippen molar-refractivity contribution in [1.29, 1.82) is 0 Å². The van der Waals surface area contributed by atoms with Crippen LogP contribution in [0.3, 0.4) is 0 Å². The van der Waals surface area contributed by atoms with Gasteiger partial charge < -0.3 is 14.9 Å². The summed E-state index contributed by atoms with van der Waals surface area (Å²) in [6.45, 7) is -0.404. The lowest BCUT2D eigenvalue weighted by Crippen LogP contribution is -2.35. The average molecular weight is 263 g/mol. The molecule has 4 atom stereocenters. The molecule has 0 aliphatic carbocycles. The standard InChI is InChI=1S/C9H11ClN2O5/c10-6-7(15)4(3-13)17-8(6)12-2-1-5(14)11-9(12)16/h1-2,4,6-8,13,15H,3H2,(H,11,14,16)/t4-,6-,7?,8-/m1/s1. The van der Waals surface area contributed by atoms with Crippen LogP contribution in [0, 0.1) is 0 Å². The van der Waals surface area contributed by atoms with E-state index >= 15 is 0 Å². The average Bonchev–Trinajstić information content (AvgIpc) is 2.57. The molecule has 1 aromatic rings. The Morgan fingerprint density at radius 3 is 2.76 bits per heavy atom. The molecule has 0 bridgehead atoms. The van der Waals surface area contributed by atoms with Gasteiger partial charge >= 0.3 is 5.69 Å². The van der Waals surface area contributed by atoms with Crippen molar-refractivity contribution in [3.63, 3.8) is 0 Å². The fourth-order valence-corrected chi connectivity index (χ4v) is 2.05. The molecule has 2 rings (SSSR count). The summed E-state index contributed by atoms with van der Waals surface area (Å²) in [5.74, 6) is 0. The minimum atomic E-state index is -1.08. The Morgan fingerprint density at radius 1 is 1.53 bits per heavy atom. The highest BCUT2D eigenvalue weighted by Crippen LogP contribution is 2.31. The Bertz CT molecular complexity index is 513. The van der Waals surface area contributed by atoms with Gasteiger partial charge in [-0.25, -0.2) is 4.79 Å². The Labute approximate surface area is 100 Å². The van der Waals surface area contributed by atoms with Gasteiger partial charge in [0.05, 0.1) is 6.61 Å². The van der Waals surface area contributed by atoms with Crippen LogP contribution in [-0.2, 0) is 4.74 Å². The number of alkyl halides is 1. The van der Waals surface area contributed by atoms with Gasteiger partial charge in [-0.3, -0.25) is 14.3 Å². The zero-order valence-corrected chi connectivity index (χ0v) is 9.37. The van der Waals surface area contributed by atoms with Crippen LogP contribution in [0.2, 0.25) is 0 Å². The van der Waals surface area contributed by atoms with E-state index < -0.39 is 41.7 Å². The summed E-state index contributed by atoms with van der Waals surface area (Å²) in [5.41, 5.74) is -1.21. The van der Waals surface area contributed by atoms with Crippen LogP contribution in [-0.4, -0.2) is 44.0 Å². The summed E-state index contributed by atoms with van der Waals surface area (Å²) in [6.07, 6.45) is -1.62. The van der Waals surface area contributed by atoms with Crippen molar-refractivity contribution in [2.24, 2.45) is 0 Å². The molecule has 2 heterocycles. The van der Waals surface area contributed by atoms with Crippen LogP contribution in [0.25, 0.3) is 0 Å². The van der Waals surface area contributed by atoms with E-state index in [0.717, 1.165) is 10.6 Å². The second kappa shape index (κ2) is 4.61. The summed E-state index contributed by atoms with van der Waals surface area (Å²) in [7, 11) is 0. The molecule has 94 valence electrons. The molecule has 0 spiro atoms. The minimum absolute atomic E-state index is 0.404. The number of aromatic amines is 1. The van der Waals surface area contributed by atoms with Gasteiger partial charge in [0.15, 0.2) is 6.23 Å². The van der Waals surface area contributed by atoms with E-state index in [1.165, 1.54) is 6.20 Å². The van der Waals surface area contributed by atoms with Crippen LogP contribution in [0.5, 0.6) is 0 Å². The van der Waals surface area contributed by atoms with E-state index in [2.05, 4.69) is 4.98 Å². The van der Waals surface area contributed by atoms with Gasteiger partial charge in [0.2, 0.25) is 0 Å². The fraction of sp³-hybridized carbons (Fsp3) is 0.556.